The maximum absolute atomic E-state index is 14.0. The molecule has 13 nitrogen and oxygen atoms in total. The normalized spacial score (nSPS) is 24.9. The van der Waals surface area contributed by atoms with Gasteiger partial charge in [0.2, 0.25) is 27.7 Å². The smallest absolute Gasteiger partial charge is 0.259 e. The molecule has 3 fully saturated rings. The molecule has 1 saturated heterocycles. The van der Waals surface area contributed by atoms with Crippen LogP contribution in [0.4, 0.5) is 0 Å². The summed E-state index contributed by atoms with van der Waals surface area (Å²) in [6, 6.07) is 9.05. The number of para-hydroxylation sites is 2. The average Bonchev–Trinajstić information content (AvgIpc) is 3.89. The number of nitrogens with zero attached hydrogens (tertiary/aromatic N) is 3. The molecule has 2 aromatic heterocycles. The van der Waals surface area contributed by atoms with Gasteiger partial charge in [-0.15, -0.1) is 17.9 Å². The molecule has 4 N–H and O–H groups in total. The maximum atomic E-state index is 14.0. The summed E-state index contributed by atoms with van der Waals surface area (Å²) in [4.78, 5) is 52.7. The molecule has 46 heavy (non-hydrogen) atoms. The summed E-state index contributed by atoms with van der Waals surface area (Å²) in [5, 5.41) is 13.9. The van der Waals surface area contributed by atoms with Crippen molar-refractivity contribution in [3.05, 3.63) is 54.4 Å². The van der Waals surface area contributed by atoms with Gasteiger partial charge in [-0.2, -0.15) is 5.48 Å². The van der Waals surface area contributed by atoms with Crippen LogP contribution in [0, 0.1) is 11.8 Å². The van der Waals surface area contributed by atoms with Crippen molar-refractivity contribution in [3.63, 3.8) is 0 Å². The number of hydrogen-bond donors (Lipinski definition) is 4. The lowest BCUT2D eigenvalue weighted by atomic mass is 10.0. The van der Waals surface area contributed by atoms with Gasteiger partial charge in [0, 0.05) is 12.3 Å². The first-order valence-electron chi connectivity index (χ1n) is 15.2. The van der Waals surface area contributed by atoms with Gasteiger partial charge in [-0.3, -0.25) is 19.1 Å². The predicted molar refractivity (Wildman–Crippen MR) is 170 cm³/mol. The number of hydroxylamine groups is 1. The van der Waals surface area contributed by atoms with Gasteiger partial charge in [-0.1, -0.05) is 38.1 Å². The molecular formula is C31H36N6O7S2. The Morgan fingerprint density at radius 1 is 1.15 bits per heavy atom. The molecule has 3 aromatic rings. The minimum Gasteiger partial charge on any atom is -0.471 e. The van der Waals surface area contributed by atoms with E-state index in [0.717, 1.165) is 4.88 Å². The second kappa shape index (κ2) is 12.4. The number of likely N-dealkylation sites (tertiary alicyclic amines) is 1. The Hall–Kier alpha value is -3.92. The molecule has 244 valence electrons. The molecule has 5 atom stereocenters. The van der Waals surface area contributed by atoms with E-state index >= 15 is 0 Å². The standard InChI is InChI=1S/C31H36N6O7S2/c1-4-18-15-31(18,30(40)36-46(42,43)20-11-12-20)34-27(38)23-14-19(16-37(23)29(39)25(35-41)17(2)3)44-28-26(24-10-7-13-45-24)32-21-8-5-6-9-22(21)33-28/h4-10,13,17-20,23,25,35,41H,1,11-12,14-16H2,2-3H3,(H,34,38)(H,36,40)/t18-,19-,23+,25?,31?/m1/s1. The molecular weight excluding hydrogens is 633 g/mol. The highest BCUT2D eigenvalue weighted by molar-refractivity contribution is 7.91. The number of fused-ring (bicyclic) bond motifs is 1. The first-order chi connectivity index (χ1) is 22.0. The van der Waals surface area contributed by atoms with Gasteiger partial charge in [-0.25, -0.2) is 18.4 Å². The van der Waals surface area contributed by atoms with Gasteiger partial charge in [0.25, 0.3) is 5.91 Å². The number of amides is 3. The molecule has 2 unspecified atom stereocenters. The number of carbonyl (C=O) groups excluding carboxylic acids is 3. The monoisotopic (exact) mass is 668 g/mol. The fourth-order valence-corrected chi connectivity index (χ4v) is 7.93. The van der Waals surface area contributed by atoms with E-state index in [0.29, 0.717) is 29.6 Å². The van der Waals surface area contributed by atoms with Crippen LogP contribution in [0.2, 0.25) is 0 Å². The summed E-state index contributed by atoms with van der Waals surface area (Å²) < 4.78 is 33.7. The van der Waals surface area contributed by atoms with E-state index in [2.05, 4.69) is 22.1 Å². The summed E-state index contributed by atoms with van der Waals surface area (Å²) in [7, 11) is -3.86. The van der Waals surface area contributed by atoms with Crippen LogP contribution in [0.3, 0.4) is 0 Å². The second-order valence-electron chi connectivity index (χ2n) is 12.4. The Morgan fingerprint density at radius 3 is 2.46 bits per heavy atom. The topological polar surface area (TPSA) is 180 Å². The van der Waals surface area contributed by atoms with E-state index < -0.39 is 62.6 Å². The van der Waals surface area contributed by atoms with Crippen molar-refractivity contribution in [3.8, 4) is 16.5 Å². The van der Waals surface area contributed by atoms with Crippen molar-refractivity contribution >= 4 is 50.1 Å². The molecule has 2 saturated carbocycles. The molecule has 0 spiro atoms. The van der Waals surface area contributed by atoms with Crippen LogP contribution in [0.1, 0.15) is 39.5 Å². The predicted octanol–water partition coefficient (Wildman–Crippen LogP) is 2.38. The zero-order chi connectivity index (χ0) is 32.8. The summed E-state index contributed by atoms with van der Waals surface area (Å²) in [6.45, 7) is 7.23. The number of rotatable bonds is 12. The van der Waals surface area contributed by atoms with E-state index in [1.54, 1.807) is 13.8 Å². The van der Waals surface area contributed by atoms with Crippen molar-refractivity contribution in [2.24, 2.45) is 11.8 Å². The third-order valence-corrected chi connectivity index (χ3v) is 11.4. The van der Waals surface area contributed by atoms with Crippen molar-refractivity contribution in [1.29, 1.82) is 0 Å². The number of ether oxygens (including phenoxy) is 1. The second-order valence-corrected chi connectivity index (χ2v) is 15.3. The lowest BCUT2D eigenvalue weighted by Gasteiger charge is -2.30. The molecule has 0 bridgehead atoms. The van der Waals surface area contributed by atoms with E-state index in [1.807, 2.05) is 41.8 Å². The Morgan fingerprint density at radius 2 is 1.87 bits per heavy atom. The number of aromatic nitrogens is 2. The minimum absolute atomic E-state index is 0.0135. The number of thiophene rings is 1. The van der Waals surface area contributed by atoms with E-state index in [-0.39, 0.29) is 31.2 Å². The fraction of sp³-hybridized carbons (Fsp3) is 0.452. The van der Waals surface area contributed by atoms with Crippen molar-refractivity contribution in [2.45, 2.75) is 68.5 Å². The Bertz CT molecular complexity index is 1780. The summed E-state index contributed by atoms with van der Waals surface area (Å²) in [5.41, 5.74) is 2.36. The molecule has 6 rings (SSSR count). The van der Waals surface area contributed by atoms with E-state index in [4.69, 9.17) is 14.7 Å². The molecule has 0 radical (unpaired) electrons. The largest absolute Gasteiger partial charge is 0.471 e. The molecule has 3 amide bonds. The number of sulfonamides is 1. The molecule has 1 aliphatic heterocycles. The van der Waals surface area contributed by atoms with Crippen LogP contribution >= 0.6 is 11.3 Å². The van der Waals surface area contributed by atoms with Crippen LogP contribution in [0.25, 0.3) is 21.6 Å². The number of benzene rings is 1. The summed E-state index contributed by atoms with van der Waals surface area (Å²) in [6.07, 6.45) is 1.96. The van der Waals surface area contributed by atoms with E-state index in [1.165, 1.54) is 22.3 Å². The highest BCUT2D eigenvalue weighted by Crippen LogP contribution is 2.45. The fourth-order valence-electron chi connectivity index (χ4n) is 5.86. The number of carbonyl (C=O) groups is 3. The Balaban J connectivity index is 1.29. The molecule has 1 aromatic carbocycles. The third kappa shape index (κ3) is 6.11. The van der Waals surface area contributed by atoms with Crippen LogP contribution in [-0.4, -0.2) is 81.7 Å². The van der Waals surface area contributed by atoms with Crippen LogP contribution in [0.5, 0.6) is 5.88 Å². The minimum atomic E-state index is -3.86. The number of nitrogens with one attached hydrogen (secondary N) is 3. The first-order valence-corrected chi connectivity index (χ1v) is 17.6. The van der Waals surface area contributed by atoms with E-state index in [9.17, 15) is 28.0 Å². The highest BCUT2D eigenvalue weighted by Gasteiger charge is 2.62. The quantitative estimate of drug-likeness (QED) is 0.165. The SMILES string of the molecule is C=C[C@@H]1CC1(NC(=O)[C@@H]1C[C@@H](Oc2nc3ccccc3nc2-c2cccs2)CN1C(=O)C(NO)C(C)C)C(=O)NS(=O)(=O)C1CC1. The van der Waals surface area contributed by atoms with Crippen LogP contribution in [0.15, 0.2) is 54.4 Å². The zero-order valence-electron chi connectivity index (χ0n) is 25.4. The molecule has 15 heteroatoms. The van der Waals surface area contributed by atoms with Gasteiger partial charge in [0.1, 0.15) is 29.4 Å². The average molecular weight is 669 g/mol. The van der Waals surface area contributed by atoms with Crippen molar-refractivity contribution < 1.29 is 32.7 Å². The maximum Gasteiger partial charge on any atom is 0.259 e. The van der Waals surface area contributed by atoms with Gasteiger partial charge in [0.05, 0.1) is 27.7 Å². The number of hydrogen-bond acceptors (Lipinski definition) is 11. The first kappa shape index (κ1) is 32.0. The van der Waals surface area contributed by atoms with Gasteiger partial charge < -0.3 is 20.2 Å². The highest BCUT2D eigenvalue weighted by atomic mass is 32.2. The molecule has 3 aliphatic rings. The van der Waals surface area contributed by atoms with Crippen LogP contribution < -0.4 is 20.3 Å². The van der Waals surface area contributed by atoms with Crippen molar-refractivity contribution in [2.75, 3.05) is 6.54 Å². The van der Waals surface area contributed by atoms with Crippen molar-refractivity contribution in [1.82, 2.24) is 30.4 Å². The summed E-state index contributed by atoms with van der Waals surface area (Å²) in [5.74, 6) is -2.58. The van der Waals surface area contributed by atoms with Crippen LogP contribution in [-0.2, 0) is 24.4 Å². The van der Waals surface area contributed by atoms with Gasteiger partial charge >= 0.3 is 0 Å². The third-order valence-electron chi connectivity index (χ3n) is 8.74. The zero-order valence-corrected chi connectivity index (χ0v) is 27.0. The summed E-state index contributed by atoms with van der Waals surface area (Å²) >= 11 is 1.47. The Labute approximate surface area is 270 Å². The molecule has 2 aliphatic carbocycles. The Kier molecular flexibility index (Phi) is 8.61. The lowest BCUT2D eigenvalue weighted by Crippen LogP contribution is -2.58. The molecule has 3 heterocycles. The van der Waals surface area contributed by atoms with Gasteiger partial charge in [-0.05, 0) is 48.8 Å². The lowest BCUT2D eigenvalue weighted by molar-refractivity contribution is -0.144. The van der Waals surface area contributed by atoms with Gasteiger partial charge in [0.15, 0.2) is 0 Å².